The van der Waals surface area contributed by atoms with Crippen LogP contribution in [0.3, 0.4) is 0 Å². The highest BCUT2D eigenvalue weighted by Gasteiger charge is 2.11. The molecule has 0 aliphatic rings. The molecule has 0 heterocycles. The molecule has 1 N–H and O–H groups in total. The average molecular weight is 270 g/mol. The fraction of sp³-hybridized carbons (Fsp3) is 0.600. The van der Waals surface area contributed by atoms with Crippen LogP contribution in [0, 0.1) is 5.92 Å². The molecule has 0 bridgehead atoms. The van der Waals surface area contributed by atoms with Crippen LogP contribution in [0.4, 0.5) is 0 Å². The lowest BCUT2D eigenvalue weighted by molar-refractivity contribution is 0.245. The first-order valence-electron chi connectivity index (χ1n) is 6.71. The summed E-state index contributed by atoms with van der Waals surface area (Å²) in [5.41, 5.74) is 0. The van der Waals surface area contributed by atoms with Crippen molar-refractivity contribution in [1.29, 1.82) is 0 Å². The van der Waals surface area contributed by atoms with Gasteiger partial charge < -0.3 is 10.1 Å². The van der Waals surface area contributed by atoms with Crippen LogP contribution in [-0.2, 0) is 0 Å². The Hall–Kier alpha value is -0.730. The molecular formula is C15H24ClNO. The molecule has 18 heavy (non-hydrogen) atoms. The van der Waals surface area contributed by atoms with Crippen LogP contribution >= 0.6 is 11.6 Å². The molecule has 1 aromatic rings. The van der Waals surface area contributed by atoms with E-state index >= 15 is 0 Å². The molecule has 102 valence electrons. The third kappa shape index (κ3) is 5.74. The van der Waals surface area contributed by atoms with Gasteiger partial charge in [-0.2, -0.15) is 0 Å². The lowest BCUT2D eigenvalue weighted by Crippen LogP contribution is -2.33. The second-order valence-electron chi connectivity index (χ2n) is 4.88. The molecule has 1 aromatic carbocycles. The summed E-state index contributed by atoms with van der Waals surface area (Å²) < 4.78 is 5.77. The van der Waals surface area contributed by atoms with Crippen molar-refractivity contribution in [1.82, 2.24) is 5.32 Å². The zero-order valence-corrected chi connectivity index (χ0v) is 12.3. The number of likely N-dealkylation sites (N-methyl/N-ethyl adjacent to an activating group) is 1. The van der Waals surface area contributed by atoms with Gasteiger partial charge in [0.2, 0.25) is 0 Å². The largest absolute Gasteiger partial charge is 0.492 e. The Balaban J connectivity index is 2.37. The van der Waals surface area contributed by atoms with E-state index in [1.165, 1.54) is 12.8 Å². The number of ether oxygens (including phenoxy) is 1. The second kappa shape index (κ2) is 8.39. The molecule has 0 spiro atoms. The van der Waals surface area contributed by atoms with Gasteiger partial charge >= 0.3 is 0 Å². The van der Waals surface area contributed by atoms with Crippen molar-refractivity contribution >= 4 is 11.6 Å². The molecule has 0 radical (unpaired) electrons. The van der Waals surface area contributed by atoms with Gasteiger partial charge in [0.25, 0.3) is 0 Å². The highest BCUT2D eigenvalue weighted by molar-refractivity contribution is 6.30. The molecule has 0 saturated carbocycles. The summed E-state index contributed by atoms with van der Waals surface area (Å²) >= 11 is 5.84. The van der Waals surface area contributed by atoms with Crippen LogP contribution in [0.15, 0.2) is 24.3 Å². The minimum absolute atomic E-state index is 0.405. The molecule has 2 nitrogen and oxygen atoms in total. The number of halogens is 1. The smallest absolute Gasteiger partial charge is 0.119 e. The fourth-order valence-corrected chi connectivity index (χ4v) is 2.22. The lowest BCUT2D eigenvalue weighted by Gasteiger charge is -2.20. The zero-order chi connectivity index (χ0) is 13.4. The van der Waals surface area contributed by atoms with E-state index in [-0.39, 0.29) is 0 Å². The summed E-state index contributed by atoms with van der Waals surface area (Å²) in [6, 6.07) is 7.92. The van der Waals surface area contributed by atoms with Crippen molar-refractivity contribution in [2.24, 2.45) is 5.92 Å². The first kappa shape index (κ1) is 15.3. The summed E-state index contributed by atoms with van der Waals surface area (Å²) in [7, 11) is 1.99. The summed E-state index contributed by atoms with van der Waals surface area (Å²) in [4.78, 5) is 0. The number of hydrogen-bond donors (Lipinski definition) is 1. The van der Waals surface area contributed by atoms with Gasteiger partial charge in [0.15, 0.2) is 0 Å². The number of benzene rings is 1. The zero-order valence-electron chi connectivity index (χ0n) is 11.6. The lowest BCUT2D eigenvalue weighted by atomic mass is 9.98. The molecule has 0 aromatic heterocycles. The van der Waals surface area contributed by atoms with Gasteiger partial charge in [-0.25, -0.2) is 0 Å². The van der Waals surface area contributed by atoms with E-state index in [0.717, 1.165) is 23.1 Å². The van der Waals surface area contributed by atoms with Gasteiger partial charge in [-0.05, 0) is 43.7 Å². The second-order valence-corrected chi connectivity index (χ2v) is 5.32. The van der Waals surface area contributed by atoms with Crippen molar-refractivity contribution < 1.29 is 4.74 Å². The average Bonchev–Trinajstić information content (AvgIpc) is 2.36. The monoisotopic (exact) mass is 269 g/mol. The van der Waals surface area contributed by atoms with Crippen LogP contribution in [0.2, 0.25) is 5.02 Å². The Kier molecular flexibility index (Phi) is 7.14. The molecule has 2 unspecified atom stereocenters. The third-order valence-electron chi connectivity index (χ3n) is 3.14. The number of nitrogens with one attached hydrogen (secondary N) is 1. The summed E-state index contributed by atoms with van der Waals surface area (Å²) in [5.74, 6) is 1.61. The van der Waals surface area contributed by atoms with Crippen molar-refractivity contribution in [3.05, 3.63) is 29.3 Å². The first-order valence-corrected chi connectivity index (χ1v) is 7.09. The van der Waals surface area contributed by atoms with E-state index in [4.69, 9.17) is 16.3 Å². The molecule has 3 heteroatoms. The highest BCUT2D eigenvalue weighted by Crippen LogP contribution is 2.17. The van der Waals surface area contributed by atoms with Crippen LogP contribution < -0.4 is 10.1 Å². The Labute approximate surface area is 116 Å². The normalized spacial score (nSPS) is 14.2. The van der Waals surface area contributed by atoms with E-state index in [0.29, 0.717) is 12.6 Å². The quantitative estimate of drug-likeness (QED) is 0.766. The van der Waals surface area contributed by atoms with Crippen molar-refractivity contribution in [3.8, 4) is 5.75 Å². The maximum Gasteiger partial charge on any atom is 0.119 e. The minimum atomic E-state index is 0.405. The Morgan fingerprint density at radius 2 is 1.94 bits per heavy atom. The molecule has 0 aliphatic carbocycles. The van der Waals surface area contributed by atoms with E-state index in [9.17, 15) is 0 Å². The first-order chi connectivity index (χ1) is 8.65. The predicted molar refractivity (Wildman–Crippen MR) is 78.5 cm³/mol. The minimum Gasteiger partial charge on any atom is -0.492 e. The van der Waals surface area contributed by atoms with E-state index < -0.39 is 0 Å². The van der Waals surface area contributed by atoms with Crippen LogP contribution in [0.1, 0.15) is 33.1 Å². The van der Waals surface area contributed by atoms with Gasteiger partial charge in [0.05, 0.1) is 0 Å². The van der Waals surface area contributed by atoms with Gasteiger partial charge in [-0.3, -0.25) is 0 Å². The molecule has 0 saturated heterocycles. The molecule has 1 rings (SSSR count). The molecule has 2 atom stereocenters. The van der Waals surface area contributed by atoms with Crippen molar-refractivity contribution in [2.75, 3.05) is 13.7 Å². The predicted octanol–water partition coefficient (Wildman–Crippen LogP) is 4.13. The van der Waals surface area contributed by atoms with Crippen LogP contribution in [0.5, 0.6) is 5.75 Å². The topological polar surface area (TPSA) is 21.3 Å². The van der Waals surface area contributed by atoms with Crippen molar-refractivity contribution in [3.63, 3.8) is 0 Å². The maximum absolute atomic E-state index is 5.84. The van der Waals surface area contributed by atoms with Gasteiger partial charge in [0.1, 0.15) is 12.4 Å². The van der Waals surface area contributed by atoms with Gasteiger partial charge in [0, 0.05) is 11.1 Å². The van der Waals surface area contributed by atoms with Crippen LogP contribution in [0.25, 0.3) is 0 Å². The highest BCUT2D eigenvalue weighted by atomic mass is 35.5. The SMILES string of the molecule is CCCC(C)CC(COc1ccc(Cl)cc1)NC. The fourth-order valence-electron chi connectivity index (χ4n) is 2.09. The molecule has 0 aliphatic heterocycles. The third-order valence-corrected chi connectivity index (χ3v) is 3.39. The Morgan fingerprint density at radius 1 is 1.28 bits per heavy atom. The Morgan fingerprint density at radius 3 is 2.50 bits per heavy atom. The molecule has 0 fully saturated rings. The van der Waals surface area contributed by atoms with Gasteiger partial charge in [-0.1, -0.05) is 38.3 Å². The summed E-state index contributed by atoms with van der Waals surface area (Å²) in [6.07, 6.45) is 3.67. The standard InChI is InChI=1S/C15H24ClNO/c1-4-5-12(2)10-14(17-3)11-18-15-8-6-13(16)7-9-15/h6-9,12,14,17H,4-5,10-11H2,1-3H3. The summed E-state index contributed by atoms with van der Waals surface area (Å²) in [6.45, 7) is 5.23. The maximum atomic E-state index is 5.84. The van der Waals surface area contributed by atoms with E-state index in [1.54, 1.807) is 0 Å². The Bertz CT molecular complexity index is 326. The van der Waals surface area contributed by atoms with Crippen LogP contribution in [-0.4, -0.2) is 19.7 Å². The molecular weight excluding hydrogens is 246 g/mol. The molecule has 0 amide bonds. The van der Waals surface area contributed by atoms with Gasteiger partial charge in [-0.15, -0.1) is 0 Å². The van der Waals surface area contributed by atoms with E-state index in [1.807, 2.05) is 31.3 Å². The summed E-state index contributed by atoms with van der Waals surface area (Å²) in [5, 5.41) is 4.06. The van der Waals surface area contributed by atoms with Crippen molar-refractivity contribution in [2.45, 2.75) is 39.2 Å². The van der Waals surface area contributed by atoms with E-state index in [2.05, 4.69) is 19.2 Å². The number of hydrogen-bond acceptors (Lipinski definition) is 2. The number of rotatable bonds is 8.